The van der Waals surface area contributed by atoms with Crippen LogP contribution in [0, 0.1) is 0 Å². The minimum Gasteiger partial charge on any atom is -0.508 e. The molecule has 2 aromatic rings. The van der Waals surface area contributed by atoms with Gasteiger partial charge in [0, 0.05) is 19.1 Å². The van der Waals surface area contributed by atoms with E-state index in [2.05, 4.69) is 10.1 Å². The average molecular weight is 234 g/mol. The number of phenols is 1. The van der Waals surface area contributed by atoms with Gasteiger partial charge in [0.2, 0.25) is 0 Å². The summed E-state index contributed by atoms with van der Waals surface area (Å²) in [7, 11) is 1.64. The zero-order chi connectivity index (χ0) is 12.3. The molecular weight excluding hydrogens is 220 g/mol. The predicted molar refractivity (Wildman–Crippen MR) is 61.6 cm³/mol. The molecule has 5 heteroatoms. The summed E-state index contributed by atoms with van der Waals surface area (Å²) in [4.78, 5) is 4.24. The Morgan fingerprint density at radius 2 is 2.29 bits per heavy atom. The topological polar surface area (TPSA) is 68.4 Å². The first-order chi connectivity index (χ1) is 8.19. The predicted octanol–water partition coefficient (Wildman–Crippen LogP) is 2.02. The minimum absolute atomic E-state index is 0.0460. The molecule has 0 radical (unpaired) electrons. The van der Waals surface area contributed by atoms with Crippen LogP contribution in [0.1, 0.15) is 12.7 Å². The molecule has 5 nitrogen and oxygen atoms in total. The van der Waals surface area contributed by atoms with Gasteiger partial charge in [0.1, 0.15) is 5.75 Å². The highest BCUT2D eigenvalue weighted by molar-refractivity contribution is 5.55. The highest BCUT2D eigenvalue weighted by Gasteiger charge is 2.11. The monoisotopic (exact) mass is 234 g/mol. The lowest BCUT2D eigenvalue weighted by Gasteiger charge is -2.03. The van der Waals surface area contributed by atoms with Crippen molar-refractivity contribution in [2.75, 3.05) is 7.11 Å². The van der Waals surface area contributed by atoms with Gasteiger partial charge in [-0.1, -0.05) is 11.2 Å². The molecule has 0 amide bonds. The number of ether oxygens (including phenoxy) is 1. The quantitative estimate of drug-likeness (QED) is 0.876. The van der Waals surface area contributed by atoms with E-state index in [1.165, 1.54) is 0 Å². The first kappa shape index (κ1) is 11.6. The Morgan fingerprint density at radius 3 is 3.00 bits per heavy atom. The largest absolute Gasteiger partial charge is 0.508 e. The van der Waals surface area contributed by atoms with Crippen molar-refractivity contribution in [1.29, 1.82) is 0 Å². The van der Waals surface area contributed by atoms with E-state index in [0.717, 1.165) is 0 Å². The van der Waals surface area contributed by atoms with Crippen LogP contribution in [-0.2, 0) is 11.2 Å². The first-order valence-electron chi connectivity index (χ1n) is 5.34. The van der Waals surface area contributed by atoms with E-state index in [9.17, 15) is 5.11 Å². The number of methoxy groups -OCH3 is 1. The van der Waals surface area contributed by atoms with Crippen molar-refractivity contribution in [3.63, 3.8) is 0 Å². The maximum Gasteiger partial charge on any atom is 0.258 e. The fourth-order valence-corrected chi connectivity index (χ4v) is 1.43. The van der Waals surface area contributed by atoms with Gasteiger partial charge in [-0.2, -0.15) is 4.98 Å². The summed E-state index contributed by atoms with van der Waals surface area (Å²) >= 11 is 0. The molecule has 0 aliphatic heterocycles. The number of benzene rings is 1. The maximum absolute atomic E-state index is 9.35. The van der Waals surface area contributed by atoms with Gasteiger partial charge in [0.25, 0.3) is 5.89 Å². The molecule has 0 saturated carbocycles. The smallest absolute Gasteiger partial charge is 0.258 e. The van der Waals surface area contributed by atoms with Crippen LogP contribution in [0.4, 0.5) is 0 Å². The van der Waals surface area contributed by atoms with E-state index >= 15 is 0 Å². The van der Waals surface area contributed by atoms with Crippen molar-refractivity contribution in [2.24, 2.45) is 0 Å². The van der Waals surface area contributed by atoms with Gasteiger partial charge in [-0.25, -0.2) is 0 Å². The zero-order valence-corrected chi connectivity index (χ0v) is 9.75. The number of aromatic nitrogens is 2. The van der Waals surface area contributed by atoms with Gasteiger partial charge in [-0.05, 0) is 25.1 Å². The Bertz CT molecular complexity index is 496. The van der Waals surface area contributed by atoms with Crippen LogP contribution in [0.5, 0.6) is 5.75 Å². The Labute approximate surface area is 99.0 Å². The molecule has 1 unspecified atom stereocenters. The Kier molecular flexibility index (Phi) is 3.39. The molecule has 1 atom stereocenters. The number of hydrogen-bond donors (Lipinski definition) is 1. The number of nitrogens with zero attached hydrogens (tertiary/aromatic N) is 2. The van der Waals surface area contributed by atoms with Crippen molar-refractivity contribution in [3.8, 4) is 17.2 Å². The molecule has 1 aromatic heterocycles. The van der Waals surface area contributed by atoms with Gasteiger partial charge in [0.15, 0.2) is 5.82 Å². The summed E-state index contributed by atoms with van der Waals surface area (Å²) in [6.45, 7) is 1.93. The lowest BCUT2D eigenvalue weighted by molar-refractivity contribution is 0.116. The molecule has 0 aliphatic rings. The lowest BCUT2D eigenvalue weighted by Crippen LogP contribution is -2.09. The van der Waals surface area contributed by atoms with Crippen LogP contribution in [0.3, 0.4) is 0 Å². The average Bonchev–Trinajstić information content (AvgIpc) is 2.77. The molecule has 0 spiro atoms. The molecule has 0 aliphatic carbocycles. The van der Waals surface area contributed by atoms with Crippen molar-refractivity contribution >= 4 is 0 Å². The van der Waals surface area contributed by atoms with Crippen molar-refractivity contribution < 1.29 is 14.4 Å². The first-order valence-corrected chi connectivity index (χ1v) is 5.34. The van der Waals surface area contributed by atoms with Crippen molar-refractivity contribution in [1.82, 2.24) is 10.1 Å². The van der Waals surface area contributed by atoms with Gasteiger partial charge in [0.05, 0.1) is 6.10 Å². The molecule has 0 fully saturated rings. The number of rotatable bonds is 4. The van der Waals surface area contributed by atoms with Crippen LogP contribution in [0.25, 0.3) is 11.5 Å². The van der Waals surface area contributed by atoms with Gasteiger partial charge in [-0.15, -0.1) is 0 Å². The molecule has 1 heterocycles. The third-order valence-corrected chi connectivity index (χ3v) is 2.43. The Morgan fingerprint density at radius 1 is 1.47 bits per heavy atom. The maximum atomic E-state index is 9.35. The van der Waals surface area contributed by atoms with E-state index in [1.54, 1.807) is 31.4 Å². The fourth-order valence-electron chi connectivity index (χ4n) is 1.43. The molecule has 1 N–H and O–H groups in total. The van der Waals surface area contributed by atoms with Crippen LogP contribution >= 0.6 is 0 Å². The normalized spacial score (nSPS) is 12.6. The van der Waals surface area contributed by atoms with Gasteiger partial charge in [-0.3, -0.25) is 0 Å². The SMILES string of the molecule is COC(C)Cc1noc(-c2cccc(O)c2)n1. The minimum atomic E-state index is 0.0460. The van der Waals surface area contributed by atoms with E-state index in [4.69, 9.17) is 9.26 Å². The van der Waals surface area contributed by atoms with E-state index in [-0.39, 0.29) is 11.9 Å². The standard InChI is InChI=1S/C12H14N2O3/c1-8(16-2)6-11-13-12(17-14-11)9-4-3-5-10(15)7-9/h3-5,7-8,15H,6H2,1-2H3. The Balaban J connectivity index is 2.18. The van der Waals surface area contributed by atoms with Crippen LogP contribution in [0.15, 0.2) is 28.8 Å². The van der Waals surface area contributed by atoms with E-state index in [0.29, 0.717) is 23.7 Å². The molecular formula is C12H14N2O3. The molecule has 1 aromatic carbocycles. The molecule has 90 valence electrons. The number of phenolic OH excluding ortho intramolecular Hbond substituents is 1. The summed E-state index contributed by atoms with van der Waals surface area (Å²) in [6.07, 6.45) is 0.642. The molecule has 17 heavy (non-hydrogen) atoms. The molecule has 0 bridgehead atoms. The summed E-state index contributed by atoms with van der Waals surface area (Å²) in [5, 5.41) is 13.2. The second kappa shape index (κ2) is 4.97. The summed E-state index contributed by atoms with van der Waals surface area (Å²) in [5.41, 5.74) is 0.703. The molecule has 0 saturated heterocycles. The van der Waals surface area contributed by atoms with Crippen LogP contribution < -0.4 is 0 Å². The summed E-state index contributed by atoms with van der Waals surface area (Å²) in [6, 6.07) is 6.70. The van der Waals surface area contributed by atoms with Gasteiger partial charge >= 0.3 is 0 Å². The second-order valence-electron chi connectivity index (χ2n) is 3.82. The highest BCUT2D eigenvalue weighted by atomic mass is 16.5. The van der Waals surface area contributed by atoms with Crippen molar-refractivity contribution in [3.05, 3.63) is 30.1 Å². The zero-order valence-electron chi connectivity index (χ0n) is 9.75. The molecule has 2 rings (SSSR count). The Hall–Kier alpha value is -1.88. The van der Waals surface area contributed by atoms with Gasteiger partial charge < -0.3 is 14.4 Å². The fraction of sp³-hybridized carbons (Fsp3) is 0.333. The van der Waals surface area contributed by atoms with E-state index < -0.39 is 0 Å². The van der Waals surface area contributed by atoms with Crippen molar-refractivity contribution in [2.45, 2.75) is 19.4 Å². The number of hydrogen-bond acceptors (Lipinski definition) is 5. The second-order valence-corrected chi connectivity index (χ2v) is 3.82. The van der Waals surface area contributed by atoms with Crippen LogP contribution in [-0.4, -0.2) is 28.5 Å². The third kappa shape index (κ3) is 2.82. The van der Waals surface area contributed by atoms with Crippen LogP contribution in [0.2, 0.25) is 0 Å². The third-order valence-electron chi connectivity index (χ3n) is 2.43. The summed E-state index contributed by atoms with van der Waals surface area (Å²) in [5.74, 6) is 1.17. The highest BCUT2D eigenvalue weighted by Crippen LogP contribution is 2.21. The van der Waals surface area contributed by atoms with E-state index in [1.807, 2.05) is 6.92 Å². The summed E-state index contributed by atoms with van der Waals surface area (Å²) < 4.78 is 10.2. The number of aromatic hydroxyl groups is 1. The lowest BCUT2D eigenvalue weighted by atomic mass is 10.2.